The van der Waals surface area contributed by atoms with Crippen LogP contribution in [0.15, 0.2) is 54.6 Å². The molecular weight excluding hydrogens is 336 g/mol. The van der Waals surface area contributed by atoms with Gasteiger partial charge in [0.25, 0.3) is 0 Å². The standard InChI is InChI=1S/C19H19ClN4O/c1-13-11-18(23-16-7-5-15(20)6-8-16)24-19(22-13)21-12-14-3-9-17(25-2)10-4-14/h3-11H,12H2,1-2H3,(H2,21,22,23,24). The number of hydrogen-bond acceptors (Lipinski definition) is 5. The molecule has 0 saturated heterocycles. The molecule has 0 fully saturated rings. The summed E-state index contributed by atoms with van der Waals surface area (Å²) in [6.45, 7) is 2.57. The Hall–Kier alpha value is -2.79. The number of halogens is 1. The van der Waals surface area contributed by atoms with E-state index in [4.69, 9.17) is 16.3 Å². The average molecular weight is 355 g/mol. The van der Waals surface area contributed by atoms with Gasteiger partial charge in [0.1, 0.15) is 11.6 Å². The van der Waals surface area contributed by atoms with Gasteiger partial charge in [0, 0.05) is 29.0 Å². The van der Waals surface area contributed by atoms with Gasteiger partial charge in [0.05, 0.1) is 7.11 Å². The minimum Gasteiger partial charge on any atom is -0.497 e. The molecule has 0 atom stereocenters. The van der Waals surface area contributed by atoms with Crippen molar-refractivity contribution in [3.63, 3.8) is 0 Å². The predicted molar refractivity (Wildman–Crippen MR) is 102 cm³/mol. The highest BCUT2D eigenvalue weighted by atomic mass is 35.5. The highest BCUT2D eigenvalue weighted by molar-refractivity contribution is 6.30. The van der Waals surface area contributed by atoms with Crippen molar-refractivity contribution in [2.45, 2.75) is 13.5 Å². The summed E-state index contributed by atoms with van der Waals surface area (Å²) in [6, 6.07) is 17.3. The van der Waals surface area contributed by atoms with Gasteiger partial charge in [0.2, 0.25) is 5.95 Å². The molecule has 25 heavy (non-hydrogen) atoms. The lowest BCUT2D eigenvalue weighted by Crippen LogP contribution is -2.06. The second-order valence-electron chi connectivity index (χ2n) is 5.55. The van der Waals surface area contributed by atoms with Crippen LogP contribution in [-0.2, 0) is 6.54 Å². The molecule has 0 aliphatic rings. The Morgan fingerprint density at radius 3 is 2.40 bits per heavy atom. The molecule has 3 aromatic rings. The Labute approximate surface area is 152 Å². The largest absolute Gasteiger partial charge is 0.497 e. The van der Waals surface area contributed by atoms with Gasteiger partial charge in [0.15, 0.2) is 0 Å². The second-order valence-corrected chi connectivity index (χ2v) is 5.99. The van der Waals surface area contributed by atoms with E-state index in [9.17, 15) is 0 Å². The SMILES string of the molecule is COc1ccc(CNc2nc(C)cc(Nc3ccc(Cl)cc3)n2)cc1. The van der Waals surface area contributed by atoms with Crippen molar-refractivity contribution >= 4 is 29.1 Å². The summed E-state index contributed by atoms with van der Waals surface area (Å²) >= 11 is 5.91. The number of hydrogen-bond donors (Lipinski definition) is 2. The zero-order valence-electron chi connectivity index (χ0n) is 14.1. The number of ether oxygens (including phenoxy) is 1. The van der Waals surface area contributed by atoms with Gasteiger partial charge in [-0.1, -0.05) is 23.7 Å². The number of rotatable bonds is 6. The maximum absolute atomic E-state index is 5.91. The third kappa shape index (κ3) is 4.84. The Kier molecular flexibility index (Phi) is 5.36. The van der Waals surface area contributed by atoms with Gasteiger partial charge < -0.3 is 15.4 Å². The van der Waals surface area contributed by atoms with E-state index in [1.54, 1.807) is 7.11 Å². The van der Waals surface area contributed by atoms with E-state index < -0.39 is 0 Å². The van der Waals surface area contributed by atoms with Crippen LogP contribution in [0.25, 0.3) is 0 Å². The van der Waals surface area contributed by atoms with E-state index >= 15 is 0 Å². The van der Waals surface area contributed by atoms with Gasteiger partial charge in [-0.3, -0.25) is 0 Å². The summed E-state index contributed by atoms with van der Waals surface area (Å²) in [5.41, 5.74) is 2.92. The number of anilines is 3. The van der Waals surface area contributed by atoms with Crippen LogP contribution in [0.2, 0.25) is 5.02 Å². The van der Waals surface area contributed by atoms with Crippen molar-refractivity contribution in [3.05, 3.63) is 70.9 Å². The monoisotopic (exact) mass is 354 g/mol. The van der Waals surface area contributed by atoms with E-state index in [1.165, 1.54) is 0 Å². The van der Waals surface area contributed by atoms with Crippen molar-refractivity contribution in [2.24, 2.45) is 0 Å². The summed E-state index contributed by atoms with van der Waals surface area (Å²) in [5.74, 6) is 2.14. The number of methoxy groups -OCH3 is 1. The highest BCUT2D eigenvalue weighted by Crippen LogP contribution is 2.19. The fraction of sp³-hybridized carbons (Fsp3) is 0.158. The van der Waals surface area contributed by atoms with Gasteiger partial charge in [-0.25, -0.2) is 4.98 Å². The van der Waals surface area contributed by atoms with Gasteiger partial charge in [-0.2, -0.15) is 4.98 Å². The zero-order chi connectivity index (χ0) is 17.6. The molecule has 5 nitrogen and oxygen atoms in total. The predicted octanol–water partition coefficient (Wildman–Crippen LogP) is 4.80. The van der Waals surface area contributed by atoms with Crippen molar-refractivity contribution in [3.8, 4) is 5.75 Å². The lowest BCUT2D eigenvalue weighted by Gasteiger charge is -2.10. The molecule has 6 heteroatoms. The molecule has 2 N–H and O–H groups in total. The highest BCUT2D eigenvalue weighted by Gasteiger charge is 2.04. The van der Waals surface area contributed by atoms with E-state index in [2.05, 4.69) is 20.6 Å². The van der Waals surface area contributed by atoms with Crippen molar-refractivity contribution < 1.29 is 4.74 Å². The summed E-state index contributed by atoms with van der Waals surface area (Å²) in [5, 5.41) is 7.21. The molecule has 1 heterocycles. The summed E-state index contributed by atoms with van der Waals surface area (Å²) in [6.07, 6.45) is 0. The third-order valence-electron chi connectivity index (χ3n) is 3.58. The smallest absolute Gasteiger partial charge is 0.225 e. The first kappa shape index (κ1) is 17.0. The maximum Gasteiger partial charge on any atom is 0.225 e. The van der Waals surface area contributed by atoms with Crippen molar-refractivity contribution in [1.29, 1.82) is 0 Å². The number of aromatic nitrogens is 2. The van der Waals surface area contributed by atoms with Crippen molar-refractivity contribution in [2.75, 3.05) is 17.7 Å². The fourth-order valence-corrected chi connectivity index (χ4v) is 2.44. The van der Waals surface area contributed by atoms with Crippen LogP contribution in [0.3, 0.4) is 0 Å². The molecule has 0 aliphatic carbocycles. The van der Waals surface area contributed by atoms with Crippen LogP contribution < -0.4 is 15.4 Å². The number of nitrogens with zero attached hydrogens (tertiary/aromatic N) is 2. The lowest BCUT2D eigenvalue weighted by molar-refractivity contribution is 0.414. The van der Waals surface area contributed by atoms with Crippen LogP contribution in [0.1, 0.15) is 11.3 Å². The average Bonchev–Trinajstić information content (AvgIpc) is 2.62. The Morgan fingerprint density at radius 1 is 1.00 bits per heavy atom. The van der Waals surface area contributed by atoms with Gasteiger partial charge in [-0.15, -0.1) is 0 Å². The molecule has 128 valence electrons. The van der Waals surface area contributed by atoms with Crippen LogP contribution in [0.4, 0.5) is 17.5 Å². The van der Waals surface area contributed by atoms with E-state index in [1.807, 2.05) is 61.5 Å². The molecule has 0 bridgehead atoms. The molecule has 0 radical (unpaired) electrons. The van der Waals surface area contributed by atoms with Gasteiger partial charge in [-0.05, 0) is 48.9 Å². The summed E-state index contributed by atoms with van der Waals surface area (Å²) < 4.78 is 5.17. The Balaban J connectivity index is 1.69. The summed E-state index contributed by atoms with van der Waals surface area (Å²) in [4.78, 5) is 8.94. The number of aryl methyl sites for hydroxylation is 1. The number of nitrogens with one attached hydrogen (secondary N) is 2. The molecule has 0 spiro atoms. The molecule has 0 aliphatic heterocycles. The van der Waals surface area contributed by atoms with E-state index in [-0.39, 0.29) is 0 Å². The number of benzene rings is 2. The van der Waals surface area contributed by atoms with Crippen LogP contribution in [-0.4, -0.2) is 17.1 Å². The molecule has 0 amide bonds. The van der Waals surface area contributed by atoms with E-state index in [0.717, 1.165) is 28.5 Å². The van der Waals surface area contributed by atoms with Crippen LogP contribution >= 0.6 is 11.6 Å². The van der Waals surface area contributed by atoms with Crippen LogP contribution in [0.5, 0.6) is 5.75 Å². The normalized spacial score (nSPS) is 10.4. The first-order valence-electron chi connectivity index (χ1n) is 7.87. The molecule has 0 saturated carbocycles. The minimum absolute atomic E-state index is 0.576. The molecule has 1 aromatic heterocycles. The zero-order valence-corrected chi connectivity index (χ0v) is 14.8. The maximum atomic E-state index is 5.91. The Morgan fingerprint density at radius 2 is 1.72 bits per heavy atom. The molecule has 3 rings (SSSR count). The first-order valence-corrected chi connectivity index (χ1v) is 8.25. The quantitative estimate of drug-likeness (QED) is 0.665. The lowest BCUT2D eigenvalue weighted by atomic mass is 10.2. The second kappa shape index (κ2) is 7.85. The molecule has 0 unspecified atom stereocenters. The van der Waals surface area contributed by atoms with Crippen LogP contribution in [0, 0.1) is 6.92 Å². The molecular formula is C19H19ClN4O. The van der Waals surface area contributed by atoms with E-state index in [0.29, 0.717) is 17.5 Å². The topological polar surface area (TPSA) is 59.1 Å². The molecule has 2 aromatic carbocycles. The summed E-state index contributed by atoms with van der Waals surface area (Å²) in [7, 11) is 1.66. The Bertz CT molecular complexity index is 835. The third-order valence-corrected chi connectivity index (χ3v) is 3.83. The fourth-order valence-electron chi connectivity index (χ4n) is 2.32. The minimum atomic E-state index is 0.576. The van der Waals surface area contributed by atoms with Gasteiger partial charge >= 0.3 is 0 Å². The first-order chi connectivity index (χ1) is 12.1. The van der Waals surface area contributed by atoms with Crippen molar-refractivity contribution in [1.82, 2.24) is 9.97 Å².